The molecule has 2 aromatic rings. The molecule has 24 heavy (non-hydrogen) atoms. The molecular formula is C17H22N4O2S. The number of nitrogens with one attached hydrogen (secondary N) is 1. The van der Waals surface area contributed by atoms with E-state index < -0.39 is 5.60 Å². The predicted octanol–water partition coefficient (Wildman–Crippen LogP) is 1.92. The van der Waals surface area contributed by atoms with E-state index >= 15 is 0 Å². The highest BCUT2D eigenvalue weighted by Gasteiger charge is 2.34. The summed E-state index contributed by atoms with van der Waals surface area (Å²) < 4.78 is 0. The number of piperidine rings is 1. The largest absolute Gasteiger partial charge is 0.386 e. The Labute approximate surface area is 145 Å². The van der Waals surface area contributed by atoms with Gasteiger partial charge < -0.3 is 15.3 Å². The highest BCUT2D eigenvalue weighted by Crippen LogP contribution is 2.24. The number of β-amino-alcohol motifs (C(OH)–C–C–N with tert-alkyl or cyclic N) is 1. The molecule has 3 heterocycles. The summed E-state index contributed by atoms with van der Waals surface area (Å²) in [7, 11) is 0. The van der Waals surface area contributed by atoms with Crippen molar-refractivity contribution in [2.45, 2.75) is 32.3 Å². The molecule has 2 N–H and O–H groups in total. The Bertz CT molecular complexity index is 719. The molecule has 1 aliphatic heterocycles. The van der Waals surface area contributed by atoms with Gasteiger partial charge in [0.15, 0.2) is 0 Å². The number of anilines is 1. The number of amides is 1. The molecule has 0 saturated carbocycles. The molecular weight excluding hydrogens is 324 g/mol. The number of aromatic nitrogens is 2. The Morgan fingerprint density at radius 1 is 1.46 bits per heavy atom. The summed E-state index contributed by atoms with van der Waals surface area (Å²) in [5.74, 6) is 0.692. The second-order valence-electron chi connectivity index (χ2n) is 6.27. The van der Waals surface area contributed by atoms with Gasteiger partial charge >= 0.3 is 0 Å². The number of nitrogens with zero attached hydrogens (tertiary/aromatic N) is 3. The molecule has 1 unspecified atom stereocenters. The van der Waals surface area contributed by atoms with Gasteiger partial charge in [-0.1, -0.05) is 6.07 Å². The van der Waals surface area contributed by atoms with Crippen LogP contribution in [0.1, 0.15) is 33.2 Å². The fourth-order valence-corrected chi connectivity index (χ4v) is 3.90. The van der Waals surface area contributed by atoms with Crippen LogP contribution in [-0.2, 0) is 0 Å². The van der Waals surface area contributed by atoms with Crippen LogP contribution in [0.4, 0.5) is 5.82 Å². The third-order valence-electron chi connectivity index (χ3n) is 4.22. The van der Waals surface area contributed by atoms with E-state index in [2.05, 4.69) is 20.2 Å². The summed E-state index contributed by atoms with van der Waals surface area (Å²) in [6.07, 6.45) is 3.28. The third-order valence-corrected chi connectivity index (χ3v) is 5.29. The number of hydrogen-bond acceptors (Lipinski definition) is 6. The summed E-state index contributed by atoms with van der Waals surface area (Å²) >= 11 is 1.38. The molecule has 1 fully saturated rings. The average molecular weight is 346 g/mol. The zero-order valence-corrected chi connectivity index (χ0v) is 14.8. The molecule has 7 heteroatoms. The van der Waals surface area contributed by atoms with Crippen molar-refractivity contribution in [1.29, 1.82) is 0 Å². The summed E-state index contributed by atoms with van der Waals surface area (Å²) in [4.78, 5) is 23.6. The molecule has 1 saturated heterocycles. The summed E-state index contributed by atoms with van der Waals surface area (Å²) in [5, 5.41) is 14.6. The van der Waals surface area contributed by atoms with Crippen LogP contribution in [-0.4, -0.2) is 46.2 Å². The van der Waals surface area contributed by atoms with Gasteiger partial charge in [-0.15, -0.1) is 11.3 Å². The first kappa shape index (κ1) is 16.9. The SMILES string of the molecule is Cc1nc(C)c(C(=O)NCC2(O)CCCN(c3ccccn3)C2)s1. The second-order valence-corrected chi connectivity index (χ2v) is 7.47. The lowest BCUT2D eigenvalue weighted by Crippen LogP contribution is -2.54. The number of aliphatic hydroxyl groups is 1. The minimum atomic E-state index is -0.945. The van der Waals surface area contributed by atoms with Crippen LogP contribution in [0.3, 0.4) is 0 Å². The van der Waals surface area contributed by atoms with Crippen LogP contribution in [0.2, 0.25) is 0 Å². The minimum Gasteiger partial charge on any atom is -0.386 e. The van der Waals surface area contributed by atoms with Gasteiger partial charge in [-0.25, -0.2) is 9.97 Å². The number of rotatable bonds is 4. The lowest BCUT2D eigenvalue weighted by molar-refractivity contribution is 0.0255. The van der Waals surface area contributed by atoms with Crippen molar-refractivity contribution in [3.63, 3.8) is 0 Å². The van der Waals surface area contributed by atoms with Gasteiger partial charge in [-0.3, -0.25) is 4.79 Å². The van der Waals surface area contributed by atoms with Crippen molar-refractivity contribution in [2.75, 3.05) is 24.5 Å². The molecule has 128 valence electrons. The molecule has 1 amide bonds. The minimum absolute atomic E-state index is 0.165. The van der Waals surface area contributed by atoms with Gasteiger partial charge in [0.05, 0.1) is 16.3 Å². The molecule has 1 aliphatic rings. The van der Waals surface area contributed by atoms with Crippen LogP contribution in [0.5, 0.6) is 0 Å². The summed E-state index contributed by atoms with van der Waals surface area (Å²) in [5.41, 5.74) is -0.209. The highest BCUT2D eigenvalue weighted by molar-refractivity contribution is 7.13. The summed E-state index contributed by atoms with van der Waals surface area (Å²) in [6.45, 7) is 5.27. The first-order valence-corrected chi connectivity index (χ1v) is 8.89. The molecule has 0 aliphatic carbocycles. The van der Waals surface area contributed by atoms with Crippen molar-refractivity contribution in [1.82, 2.24) is 15.3 Å². The third kappa shape index (κ3) is 3.73. The fourth-order valence-electron chi connectivity index (χ4n) is 3.06. The Kier molecular flexibility index (Phi) is 4.82. The number of carbonyl (C=O) groups is 1. The van der Waals surface area contributed by atoms with Crippen molar-refractivity contribution in [3.8, 4) is 0 Å². The topological polar surface area (TPSA) is 78.3 Å². The van der Waals surface area contributed by atoms with E-state index in [1.807, 2.05) is 32.0 Å². The van der Waals surface area contributed by atoms with Crippen LogP contribution in [0.15, 0.2) is 24.4 Å². The first-order valence-electron chi connectivity index (χ1n) is 8.07. The van der Waals surface area contributed by atoms with Crippen molar-refractivity contribution >= 4 is 23.1 Å². The van der Waals surface area contributed by atoms with E-state index in [4.69, 9.17) is 0 Å². The van der Waals surface area contributed by atoms with Crippen LogP contribution in [0, 0.1) is 13.8 Å². The van der Waals surface area contributed by atoms with Gasteiger partial charge in [-0.05, 0) is 38.8 Å². The lowest BCUT2D eigenvalue weighted by Gasteiger charge is -2.39. The van der Waals surface area contributed by atoms with E-state index in [1.165, 1.54) is 11.3 Å². The maximum atomic E-state index is 12.3. The molecule has 0 radical (unpaired) electrons. The molecule has 6 nitrogen and oxygen atoms in total. The number of pyridine rings is 1. The van der Waals surface area contributed by atoms with E-state index in [1.54, 1.807) is 6.20 Å². The van der Waals surface area contributed by atoms with Crippen molar-refractivity contribution in [2.24, 2.45) is 0 Å². The molecule has 0 aromatic carbocycles. The number of aryl methyl sites for hydroxylation is 2. The zero-order valence-electron chi connectivity index (χ0n) is 14.0. The standard InChI is InChI=1S/C17H22N4O2S/c1-12-15(24-13(2)20-12)16(22)19-10-17(23)7-5-9-21(11-17)14-6-3-4-8-18-14/h3-4,6,8,23H,5,7,9-11H2,1-2H3,(H,19,22). The molecule has 2 aromatic heterocycles. The van der Waals surface area contributed by atoms with Gasteiger partial charge in [0, 0.05) is 25.8 Å². The molecule has 0 bridgehead atoms. The average Bonchev–Trinajstić information content (AvgIpc) is 2.92. The zero-order chi connectivity index (χ0) is 17.2. The van der Waals surface area contributed by atoms with E-state index in [0.29, 0.717) is 17.8 Å². The molecule has 3 rings (SSSR count). The fraction of sp³-hybridized carbons (Fsp3) is 0.471. The van der Waals surface area contributed by atoms with Crippen LogP contribution < -0.4 is 10.2 Å². The normalized spacial score (nSPS) is 20.9. The Morgan fingerprint density at radius 3 is 2.96 bits per heavy atom. The van der Waals surface area contributed by atoms with Gasteiger partial charge in [0.2, 0.25) is 0 Å². The monoisotopic (exact) mass is 346 g/mol. The van der Waals surface area contributed by atoms with Gasteiger partial charge in [0.1, 0.15) is 10.7 Å². The van der Waals surface area contributed by atoms with Gasteiger partial charge in [-0.2, -0.15) is 0 Å². The van der Waals surface area contributed by atoms with Crippen molar-refractivity contribution in [3.05, 3.63) is 40.0 Å². The van der Waals surface area contributed by atoms with E-state index in [9.17, 15) is 9.90 Å². The molecule has 0 spiro atoms. The number of thiazole rings is 1. The van der Waals surface area contributed by atoms with Crippen LogP contribution >= 0.6 is 11.3 Å². The summed E-state index contributed by atoms with van der Waals surface area (Å²) in [6, 6.07) is 5.75. The maximum Gasteiger partial charge on any atom is 0.263 e. The highest BCUT2D eigenvalue weighted by atomic mass is 32.1. The lowest BCUT2D eigenvalue weighted by atomic mass is 9.92. The quantitative estimate of drug-likeness (QED) is 0.884. The Hall–Kier alpha value is -1.99. The Balaban J connectivity index is 1.63. The smallest absolute Gasteiger partial charge is 0.263 e. The second kappa shape index (κ2) is 6.86. The molecule has 1 atom stereocenters. The maximum absolute atomic E-state index is 12.3. The Morgan fingerprint density at radius 2 is 2.29 bits per heavy atom. The van der Waals surface area contributed by atoms with Crippen LogP contribution in [0.25, 0.3) is 0 Å². The number of carbonyl (C=O) groups excluding carboxylic acids is 1. The van der Waals surface area contributed by atoms with E-state index in [0.717, 1.165) is 29.5 Å². The first-order chi connectivity index (χ1) is 11.5. The van der Waals surface area contributed by atoms with Crippen molar-refractivity contribution < 1.29 is 9.90 Å². The van der Waals surface area contributed by atoms with Gasteiger partial charge in [0.25, 0.3) is 5.91 Å². The predicted molar refractivity (Wildman–Crippen MR) is 94.6 cm³/mol. The number of hydrogen-bond donors (Lipinski definition) is 2. The van der Waals surface area contributed by atoms with E-state index in [-0.39, 0.29) is 12.5 Å².